The van der Waals surface area contributed by atoms with E-state index in [0.717, 1.165) is 61.9 Å². The summed E-state index contributed by atoms with van der Waals surface area (Å²) >= 11 is 0. The molecule has 2 aliphatic heterocycles. The quantitative estimate of drug-likeness (QED) is 0.545. The molecule has 0 aliphatic carbocycles. The molecule has 3 aromatic rings. The van der Waals surface area contributed by atoms with E-state index in [-0.39, 0.29) is 5.82 Å². The maximum atomic E-state index is 13.4. The molecule has 4 heterocycles. The predicted molar refractivity (Wildman–Crippen MR) is 130 cm³/mol. The summed E-state index contributed by atoms with van der Waals surface area (Å²) < 4.78 is 21.5. The number of imidazole rings is 1. The van der Waals surface area contributed by atoms with Crippen LogP contribution in [0.5, 0.6) is 5.75 Å². The molecule has 9 heteroatoms. The van der Waals surface area contributed by atoms with Gasteiger partial charge in [0.1, 0.15) is 18.0 Å². The number of halogens is 1. The molecule has 2 aromatic heterocycles. The van der Waals surface area contributed by atoms with Crippen molar-refractivity contribution in [2.45, 2.75) is 38.6 Å². The van der Waals surface area contributed by atoms with Gasteiger partial charge in [-0.1, -0.05) is 0 Å². The van der Waals surface area contributed by atoms with Crippen molar-refractivity contribution in [3.8, 4) is 17.0 Å². The van der Waals surface area contributed by atoms with Gasteiger partial charge in [0.2, 0.25) is 5.75 Å². The maximum absolute atomic E-state index is 13.4. The third kappa shape index (κ3) is 4.70. The van der Waals surface area contributed by atoms with E-state index in [1.165, 1.54) is 38.0 Å². The van der Waals surface area contributed by atoms with Gasteiger partial charge in [-0.25, -0.2) is 19.3 Å². The van der Waals surface area contributed by atoms with Gasteiger partial charge in [0, 0.05) is 43.9 Å². The van der Waals surface area contributed by atoms with Crippen molar-refractivity contribution in [2.75, 3.05) is 50.0 Å². The Morgan fingerprint density at radius 1 is 1.06 bits per heavy atom. The van der Waals surface area contributed by atoms with Crippen molar-refractivity contribution in [3.63, 3.8) is 0 Å². The van der Waals surface area contributed by atoms with Gasteiger partial charge in [0.25, 0.3) is 0 Å². The van der Waals surface area contributed by atoms with Crippen molar-refractivity contribution >= 4 is 11.6 Å². The first-order chi connectivity index (χ1) is 16.6. The molecule has 1 aromatic carbocycles. The Bertz CT molecular complexity index is 1100. The smallest absolute Gasteiger partial charge is 0.204 e. The van der Waals surface area contributed by atoms with E-state index in [2.05, 4.69) is 30.5 Å². The number of aromatic nitrogens is 4. The van der Waals surface area contributed by atoms with Crippen LogP contribution in [0.3, 0.4) is 0 Å². The van der Waals surface area contributed by atoms with Crippen molar-refractivity contribution in [3.05, 3.63) is 48.4 Å². The second-order valence-corrected chi connectivity index (χ2v) is 8.99. The predicted octanol–water partition coefficient (Wildman–Crippen LogP) is 3.55. The molecule has 0 radical (unpaired) electrons. The van der Waals surface area contributed by atoms with Crippen molar-refractivity contribution in [1.29, 1.82) is 0 Å². The average Bonchev–Trinajstić information content (AvgIpc) is 3.24. The zero-order chi connectivity index (χ0) is 23.5. The number of rotatable bonds is 8. The highest BCUT2D eigenvalue weighted by molar-refractivity contribution is 5.63. The molecule has 8 nitrogen and oxygen atoms in total. The average molecular weight is 466 g/mol. The van der Waals surface area contributed by atoms with Crippen LogP contribution in [0.4, 0.5) is 16.0 Å². The van der Waals surface area contributed by atoms with E-state index in [1.54, 1.807) is 12.1 Å². The first-order valence-corrected chi connectivity index (χ1v) is 12.2. The molecule has 0 spiro atoms. The monoisotopic (exact) mass is 465 g/mol. The highest BCUT2D eigenvalue weighted by Crippen LogP contribution is 2.36. The van der Waals surface area contributed by atoms with Crippen LogP contribution in [0.2, 0.25) is 0 Å². The number of benzene rings is 1. The van der Waals surface area contributed by atoms with Crippen LogP contribution in [0, 0.1) is 5.82 Å². The maximum Gasteiger partial charge on any atom is 0.204 e. The van der Waals surface area contributed by atoms with Crippen LogP contribution in [-0.4, -0.2) is 63.7 Å². The molecule has 2 fully saturated rings. The number of likely N-dealkylation sites (tertiary alicyclic amines) is 1. The number of ether oxygens (including phenoxy) is 1. The Morgan fingerprint density at radius 2 is 1.82 bits per heavy atom. The van der Waals surface area contributed by atoms with Gasteiger partial charge in [0.05, 0.1) is 12.3 Å². The van der Waals surface area contributed by atoms with E-state index >= 15 is 0 Å². The molecule has 0 unspecified atom stereocenters. The molecular weight excluding hydrogens is 433 g/mol. The standard InChI is InChI=1S/C25H32FN7O/c1-2-34-22-23(27)28-17-29-25(22)32-12-8-19(9-13-32)24-30-21(18-4-6-20(26)7-5-18)16-33(24)15-14-31-10-3-11-31/h4-7,16-17,19H,2-3,8-15H2,1H3,(H2,27,28,29). The fraction of sp³-hybridized carbons (Fsp3) is 0.480. The van der Waals surface area contributed by atoms with Gasteiger partial charge in [-0.3, -0.25) is 0 Å². The number of nitrogens with two attached hydrogens (primary N) is 1. The number of hydrogen-bond donors (Lipinski definition) is 1. The lowest BCUT2D eigenvalue weighted by Gasteiger charge is -2.34. The summed E-state index contributed by atoms with van der Waals surface area (Å²) in [6.45, 7) is 8.43. The Morgan fingerprint density at radius 3 is 2.50 bits per heavy atom. The second kappa shape index (κ2) is 9.97. The van der Waals surface area contributed by atoms with E-state index in [9.17, 15) is 4.39 Å². The molecule has 0 saturated carbocycles. The van der Waals surface area contributed by atoms with Crippen LogP contribution in [0.15, 0.2) is 36.8 Å². The summed E-state index contributed by atoms with van der Waals surface area (Å²) in [6, 6.07) is 6.60. The summed E-state index contributed by atoms with van der Waals surface area (Å²) in [7, 11) is 0. The molecule has 0 atom stereocenters. The SMILES string of the molecule is CCOc1c(N)ncnc1N1CCC(c2nc(-c3ccc(F)cc3)cn2CCN2CCC2)CC1. The van der Waals surface area contributed by atoms with Crippen molar-refractivity contribution in [2.24, 2.45) is 0 Å². The van der Waals surface area contributed by atoms with Gasteiger partial charge in [-0.2, -0.15) is 0 Å². The third-order valence-electron chi connectivity index (χ3n) is 6.81. The fourth-order valence-electron chi connectivity index (χ4n) is 4.78. The Kier molecular flexibility index (Phi) is 6.62. The van der Waals surface area contributed by atoms with Gasteiger partial charge in [-0.05, 0) is 63.5 Å². The summed E-state index contributed by atoms with van der Waals surface area (Å²) in [6.07, 6.45) is 6.83. The first kappa shape index (κ1) is 22.6. The molecule has 5 rings (SSSR count). The fourth-order valence-corrected chi connectivity index (χ4v) is 4.78. The van der Waals surface area contributed by atoms with E-state index < -0.39 is 0 Å². The third-order valence-corrected chi connectivity index (χ3v) is 6.81. The Labute approximate surface area is 199 Å². The van der Waals surface area contributed by atoms with Crippen molar-refractivity contribution < 1.29 is 9.13 Å². The zero-order valence-corrected chi connectivity index (χ0v) is 19.7. The molecule has 180 valence electrons. The number of nitrogens with zero attached hydrogens (tertiary/aromatic N) is 6. The topological polar surface area (TPSA) is 85.3 Å². The Balaban J connectivity index is 1.35. The van der Waals surface area contributed by atoms with E-state index in [0.29, 0.717) is 24.1 Å². The molecule has 2 aliphatic rings. The highest BCUT2D eigenvalue weighted by Gasteiger charge is 2.28. The molecule has 0 amide bonds. The van der Waals surface area contributed by atoms with E-state index in [4.69, 9.17) is 15.5 Å². The molecular formula is C25H32FN7O. The minimum absolute atomic E-state index is 0.231. The normalized spacial score (nSPS) is 17.1. The lowest BCUT2D eigenvalue weighted by molar-refractivity contribution is 0.173. The molecule has 0 bridgehead atoms. The zero-order valence-electron chi connectivity index (χ0n) is 19.7. The van der Waals surface area contributed by atoms with Gasteiger partial charge >= 0.3 is 0 Å². The Hall–Kier alpha value is -3.20. The van der Waals surface area contributed by atoms with Crippen LogP contribution >= 0.6 is 0 Å². The lowest BCUT2D eigenvalue weighted by atomic mass is 9.95. The first-order valence-electron chi connectivity index (χ1n) is 12.2. The van der Waals surface area contributed by atoms with Crippen LogP contribution < -0.4 is 15.4 Å². The van der Waals surface area contributed by atoms with Gasteiger partial charge < -0.3 is 24.8 Å². The van der Waals surface area contributed by atoms with Crippen LogP contribution in [0.1, 0.15) is 37.9 Å². The summed E-state index contributed by atoms with van der Waals surface area (Å²) in [5.74, 6) is 2.94. The van der Waals surface area contributed by atoms with Crippen LogP contribution in [0.25, 0.3) is 11.3 Å². The number of nitrogen functional groups attached to an aromatic ring is 1. The highest BCUT2D eigenvalue weighted by atomic mass is 19.1. The molecule has 2 N–H and O–H groups in total. The van der Waals surface area contributed by atoms with Crippen LogP contribution in [-0.2, 0) is 6.54 Å². The molecule has 34 heavy (non-hydrogen) atoms. The lowest BCUT2D eigenvalue weighted by Crippen LogP contribution is -2.39. The number of piperidine rings is 1. The van der Waals surface area contributed by atoms with E-state index in [1.807, 2.05) is 6.92 Å². The summed E-state index contributed by atoms with van der Waals surface area (Å²) in [4.78, 5) is 18.3. The second-order valence-electron chi connectivity index (χ2n) is 8.99. The molecule has 2 saturated heterocycles. The summed E-state index contributed by atoms with van der Waals surface area (Å²) in [5, 5.41) is 0. The largest absolute Gasteiger partial charge is 0.487 e. The minimum Gasteiger partial charge on any atom is -0.487 e. The summed E-state index contributed by atoms with van der Waals surface area (Å²) in [5.41, 5.74) is 7.90. The minimum atomic E-state index is -0.231. The van der Waals surface area contributed by atoms with Gasteiger partial charge in [-0.15, -0.1) is 0 Å². The van der Waals surface area contributed by atoms with Crippen molar-refractivity contribution in [1.82, 2.24) is 24.4 Å². The van der Waals surface area contributed by atoms with Gasteiger partial charge in [0.15, 0.2) is 11.6 Å². The number of hydrogen-bond acceptors (Lipinski definition) is 7. The number of anilines is 2.